The Morgan fingerprint density at radius 1 is 1.56 bits per heavy atom. The summed E-state index contributed by atoms with van der Waals surface area (Å²) in [5.74, 6) is 0.735. The molecular weight excluding hydrogens is 287 g/mol. The minimum absolute atomic E-state index is 0.349. The molecule has 0 aromatic carbocycles. The zero-order valence-corrected chi connectivity index (χ0v) is 13.0. The van der Waals surface area contributed by atoms with Crippen molar-refractivity contribution in [1.29, 1.82) is 0 Å². The Morgan fingerprint density at radius 3 is 2.94 bits per heavy atom. The first-order valence-corrected chi connectivity index (χ1v) is 8.08. The molecule has 2 N–H and O–H groups in total. The number of hydrogen-bond donors (Lipinski definition) is 1. The average Bonchev–Trinajstić information content (AvgIpc) is 2.68. The van der Waals surface area contributed by atoms with Crippen LogP contribution in [0.5, 0.6) is 0 Å². The zero-order chi connectivity index (χ0) is 13.1. The van der Waals surface area contributed by atoms with Gasteiger partial charge in [0.15, 0.2) is 0 Å². The number of piperidine rings is 1. The van der Waals surface area contributed by atoms with Gasteiger partial charge in [-0.25, -0.2) is 0 Å². The molecule has 1 fully saturated rings. The SMILES string of the molecule is CC(c1cc(Cl)sc1Cl)N1CCCC(CCN)C1. The lowest BCUT2D eigenvalue weighted by Gasteiger charge is -2.36. The van der Waals surface area contributed by atoms with Crippen molar-refractivity contribution in [1.82, 2.24) is 4.90 Å². The Balaban J connectivity index is 2.04. The zero-order valence-electron chi connectivity index (χ0n) is 10.7. The molecular formula is C13H20Cl2N2S. The van der Waals surface area contributed by atoms with Crippen molar-refractivity contribution in [2.24, 2.45) is 11.7 Å². The van der Waals surface area contributed by atoms with Gasteiger partial charge in [-0.05, 0) is 51.3 Å². The van der Waals surface area contributed by atoms with E-state index in [-0.39, 0.29) is 0 Å². The van der Waals surface area contributed by atoms with Crippen LogP contribution >= 0.6 is 34.5 Å². The van der Waals surface area contributed by atoms with Crippen LogP contribution in [0.2, 0.25) is 8.67 Å². The summed E-state index contributed by atoms with van der Waals surface area (Å²) in [5, 5.41) is 0. The number of rotatable bonds is 4. The topological polar surface area (TPSA) is 29.3 Å². The Hall–Kier alpha value is 0.200. The Morgan fingerprint density at radius 2 is 2.33 bits per heavy atom. The van der Waals surface area contributed by atoms with Gasteiger partial charge in [0.25, 0.3) is 0 Å². The summed E-state index contributed by atoms with van der Waals surface area (Å²) in [4.78, 5) is 2.51. The van der Waals surface area contributed by atoms with E-state index in [0.717, 1.165) is 40.6 Å². The van der Waals surface area contributed by atoms with Crippen LogP contribution < -0.4 is 5.73 Å². The maximum Gasteiger partial charge on any atom is 0.0991 e. The summed E-state index contributed by atoms with van der Waals surface area (Å²) in [6.07, 6.45) is 3.68. The van der Waals surface area contributed by atoms with Crippen molar-refractivity contribution in [2.75, 3.05) is 19.6 Å². The smallest absolute Gasteiger partial charge is 0.0991 e. The number of hydrogen-bond acceptors (Lipinski definition) is 3. The first kappa shape index (κ1) is 14.6. The second-order valence-electron chi connectivity index (χ2n) is 5.04. The van der Waals surface area contributed by atoms with E-state index >= 15 is 0 Å². The van der Waals surface area contributed by atoms with Gasteiger partial charge >= 0.3 is 0 Å². The number of thiophene rings is 1. The van der Waals surface area contributed by atoms with Gasteiger partial charge in [0.2, 0.25) is 0 Å². The standard InChI is InChI=1S/C13H20Cl2N2S/c1-9(11-7-12(14)18-13(11)15)17-6-2-3-10(8-17)4-5-16/h7,9-10H,2-6,8,16H2,1H3. The molecule has 1 aromatic rings. The molecule has 1 aliphatic rings. The maximum absolute atomic E-state index is 6.24. The Labute approximate surface area is 123 Å². The number of nitrogens with two attached hydrogens (primary N) is 1. The third-order valence-corrected chi connectivity index (χ3v) is 5.32. The predicted molar refractivity (Wildman–Crippen MR) is 80.7 cm³/mol. The fraction of sp³-hybridized carbons (Fsp3) is 0.692. The Kier molecular flexibility index (Phi) is 5.34. The lowest BCUT2D eigenvalue weighted by atomic mass is 9.93. The van der Waals surface area contributed by atoms with Crippen molar-refractivity contribution in [3.05, 3.63) is 20.3 Å². The monoisotopic (exact) mass is 306 g/mol. The van der Waals surface area contributed by atoms with Crippen LogP contribution in [0, 0.1) is 5.92 Å². The van der Waals surface area contributed by atoms with Gasteiger partial charge in [-0.3, -0.25) is 4.90 Å². The summed E-state index contributed by atoms with van der Waals surface area (Å²) in [6.45, 7) is 5.28. The van der Waals surface area contributed by atoms with Crippen LogP contribution in [0.3, 0.4) is 0 Å². The number of likely N-dealkylation sites (tertiary alicyclic amines) is 1. The molecule has 2 unspecified atom stereocenters. The summed E-state index contributed by atoms with van der Waals surface area (Å²) in [5.41, 5.74) is 6.83. The second kappa shape index (κ2) is 6.58. The number of halogens is 2. The van der Waals surface area contributed by atoms with E-state index in [9.17, 15) is 0 Å². The third kappa shape index (κ3) is 3.40. The highest BCUT2D eigenvalue weighted by Gasteiger charge is 2.25. The third-order valence-electron chi connectivity index (χ3n) is 3.81. The summed E-state index contributed by atoms with van der Waals surface area (Å²) < 4.78 is 1.60. The van der Waals surface area contributed by atoms with E-state index < -0.39 is 0 Å². The first-order chi connectivity index (χ1) is 8.61. The molecule has 0 radical (unpaired) electrons. The molecule has 0 aliphatic carbocycles. The van der Waals surface area contributed by atoms with Crippen LogP contribution in [0.15, 0.2) is 6.07 Å². The molecule has 2 heterocycles. The molecule has 0 bridgehead atoms. The van der Waals surface area contributed by atoms with Gasteiger partial charge in [-0.1, -0.05) is 23.2 Å². The van der Waals surface area contributed by atoms with E-state index in [2.05, 4.69) is 11.8 Å². The van der Waals surface area contributed by atoms with E-state index in [0.29, 0.717) is 6.04 Å². The van der Waals surface area contributed by atoms with Crippen LogP contribution in [0.25, 0.3) is 0 Å². The van der Waals surface area contributed by atoms with Crippen molar-refractivity contribution in [3.63, 3.8) is 0 Å². The van der Waals surface area contributed by atoms with E-state index in [4.69, 9.17) is 28.9 Å². The van der Waals surface area contributed by atoms with Crippen LogP contribution in [0.1, 0.15) is 37.8 Å². The van der Waals surface area contributed by atoms with Gasteiger partial charge in [0.05, 0.1) is 8.67 Å². The van der Waals surface area contributed by atoms with Gasteiger partial charge in [-0.2, -0.15) is 0 Å². The fourth-order valence-electron chi connectivity index (χ4n) is 2.75. The van der Waals surface area contributed by atoms with Crippen molar-refractivity contribution in [3.8, 4) is 0 Å². The van der Waals surface area contributed by atoms with Crippen molar-refractivity contribution < 1.29 is 0 Å². The molecule has 0 amide bonds. The van der Waals surface area contributed by atoms with Gasteiger partial charge in [-0.15, -0.1) is 11.3 Å². The largest absolute Gasteiger partial charge is 0.330 e. The van der Waals surface area contributed by atoms with E-state index in [1.165, 1.54) is 29.7 Å². The molecule has 1 saturated heterocycles. The summed E-state index contributed by atoms with van der Waals surface area (Å²) in [6, 6.07) is 2.35. The normalized spacial score (nSPS) is 23.2. The lowest BCUT2D eigenvalue weighted by molar-refractivity contribution is 0.128. The summed E-state index contributed by atoms with van der Waals surface area (Å²) >= 11 is 13.7. The van der Waals surface area contributed by atoms with Gasteiger partial charge in [0, 0.05) is 18.2 Å². The fourth-order valence-corrected chi connectivity index (χ4v) is 4.39. The number of nitrogens with zero attached hydrogens (tertiary/aromatic N) is 1. The van der Waals surface area contributed by atoms with Crippen molar-refractivity contribution >= 4 is 34.5 Å². The molecule has 2 nitrogen and oxygen atoms in total. The van der Waals surface area contributed by atoms with Crippen LogP contribution in [-0.4, -0.2) is 24.5 Å². The highest BCUT2D eigenvalue weighted by molar-refractivity contribution is 7.20. The maximum atomic E-state index is 6.24. The minimum Gasteiger partial charge on any atom is -0.330 e. The molecule has 0 spiro atoms. The molecule has 2 rings (SSSR count). The van der Waals surface area contributed by atoms with E-state index in [1.807, 2.05) is 6.07 Å². The van der Waals surface area contributed by atoms with Crippen LogP contribution in [0.4, 0.5) is 0 Å². The molecule has 5 heteroatoms. The second-order valence-corrected chi connectivity index (χ2v) is 7.32. The highest BCUT2D eigenvalue weighted by atomic mass is 35.5. The summed E-state index contributed by atoms with van der Waals surface area (Å²) in [7, 11) is 0. The minimum atomic E-state index is 0.349. The predicted octanol–water partition coefficient (Wildman–Crippen LogP) is 4.18. The quantitative estimate of drug-likeness (QED) is 0.904. The van der Waals surface area contributed by atoms with E-state index in [1.54, 1.807) is 0 Å². The molecule has 2 atom stereocenters. The van der Waals surface area contributed by atoms with Gasteiger partial charge < -0.3 is 5.73 Å². The molecule has 18 heavy (non-hydrogen) atoms. The molecule has 1 aliphatic heterocycles. The molecule has 0 saturated carbocycles. The van der Waals surface area contributed by atoms with Crippen LogP contribution in [-0.2, 0) is 0 Å². The lowest BCUT2D eigenvalue weighted by Crippen LogP contribution is -2.37. The highest BCUT2D eigenvalue weighted by Crippen LogP contribution is 2.38. The first-order valence-electron chi connectivity index (χ1n) is 6.50. The Bertz CT molecular complexity index is 392. The molecule has 102 valence electrons. The molecule has 1 aromatic heterocycles. The van der Waals surface area contributed by atoms with Crippen molar-refractivity contribution in [2.45, 2.75) is 32.2 Å². The average molecular weight is 307 g/mol. The van der Waals surface area contributed by atoms with Gasteiger partial charge in [0.1, 0.15) is 0 Å².